The molecule has 3 aromatic rings. The van der Waals surface area contributed by atoms with Crippen LogP contribution in [0.15, 0.2) is 54.6 Å². The number of aryl methyl sites for hydroxylation is 1. The van der Waals surface area contributed by atoms with Gasteiger partial charge in [0.1, 0.15) is 0 Å². The highest BCUT2D eigenvalue weighted by Crippen LogP contribution is 2.30. The summed E-state index contributed by atoms with van der Waals surface area (Å²) >= 11 is 0. The van der Waals surface area contributed by atoms with Crippen molar-refractivity contribution in [2.24, 2.45) is 0 Å². The monoisotopic (exact) mass is 246 g/mol. The van der Waals surface area contributed by atoms with Crippen molar-refractivity contribution in [2.45, 2.75) is 12.8 Å². The zero-order chi connectivity index (χ0) is 13.1. The number of H-pyrrole nitrogens is 1. The second kappa shape index (κ2) is 4.99. The Labute approximate surface area is 112 Å². The average Bonchev–Trinajstić information content (AvgIpc) is 2.85. The lowest BCUT2D eigenvalue weighted by atomic mass is 10.0. The van der Waals surface area contributed by atoms with Crippen LogP contribution in [0.4, 0.5) is 0 Å². The topological polar surface area (TPSA) is 39.6 Å². The number of nitriles is 1. The Morgan fingerprint density at radius 2 is 1.68 bits per heavy atom. The van der Waals surface area contributed by atoms with Crippen LogP contribution in [0.5, 0.6) is 0 Å². The van der Waals surface area contributed by atoms with E-state index in [2.05, 4.69) is 35.3 Å². The first-order valence-corrected chi connectivity index (χ1v) is 6.42. The number of nitrogens with one attached hydrogen (secondary N) is 1. The molecule has 1 N–H and O–H groups in total. The van der Waals surface area contributed by atoms with Crippen LogP contribution in [-0.2, 0) is 6.42 Å². The van der Waals surface area contributed by atoms with Crippen molar-refractivity contribution in [3.8, 4) is 17.3 Å². The lowest BCUT2D eigenvalue weighted by Gasteiger charge is -2.02. The number of benzene rings is 2. The van der Waals surface area contributed by atoms with Gasteiger partial charge in [0.15, 0.2) is 0 Å². The maximum absolute atomic E-state index is 8.84. The molecule has 0 saturated heterocycles. The summed E-state index contributed by atoms with van der Waals surface area (Å²) in [6.07, 6.45) is 1.33. The SMILES string of the molecule is N#CCCc1c(-c2ccccc2)[nH]c2ccccc12. The lowest BCUT2D eigenvalue weighted by Crippen LogP contribution is -1.87. The summed E-state index contributed by atoms with van der Waals surface area (Å²) in [5, 5.41) is 10.1. The van der Waals surface area contributed by atoms with Gasteiger partial charge in [-0.1, -0.05) is 48.5 Å². The molecule has 92 valence electrons. The Morgan fingerprint density at radius 1 is 0.947 bits per heavy atom. The van der Waals surface area contributed by atoms with Gasteiger partial charge in [-0.2, -0.15) is 5.26 Å². The standard InChI is InChI=1S/C17H14N2/c18-12-6-10-15-14-9-4-5-11-16(14)19-17(15)13-7-2-1-3-8-13/h1-5,7-9,11,19H,6,10H2. The molecule has 0 radical (unpaired) electrons. The molecule has 0 unspecified atom stereocenters. The maximum atomic E-state index is 8.84. The number of rotatable bonds is 3. The van der Waals surface area contributed by atoms with E-state index in [1.807, 2.05) is 30.3 Å². The molecule has 0 aliphatic carbocycles. The van der Waals surface area contributed by atoms with Crippen LogP contribution in [0, 0.1) is 11.3 Å². The molecule has 19 heavy (non-hydrogen) atoms. The van der Waals surface area contributed by atoms with E-state index in [0.29, 0.717) is 6.42 Å². The molecule has 0 spiro atoms. The molecule has 2 nitrogen and oxygen atoms in total. The summed E-state index contributed by atoms with van der Waals surface area (Å²) in [5.41, 5.74) is 4.68. The summed E-state index contributed by atoms with van der Waals surface area (Å²) in [5.74, 6) is 0. The molecule has 0 atom stereocenters. The number of hydrogen-bond acceptors (Lipinski definition) is 1. The molecule has 0 aliphatic rings. The van der Waals surface area contributed by atoms with Crippen LogP contribution in [-0.4, -0.2) is 4.98 Å². The normalized spacial score (nSPS) is 10.5. The summed E-state index contributed by atoms with van der Waals surface area (Å²) in [7, 11) is 0. The first kappa shape index (κ1) is 11.6. The number of para-hydroxylation sites is 1. The van der Waals surface area contributed by atoms with Gasteiger partial charge in [-0.25, -0.2) is 0 Å². The van der Waals surface area contributed by atoms with E-state index in [9.17, 15) is 0 Å². The highest BCUT2D eigenvalue weighted by molar-refractivity contribution is 5.90. The fraction of sp³-hybridized carbons (Fsp3) is 0.118. The van der Waals surface area contributed by atoms with Crippen molar-refractivity contribution in [2.75, 3.05) is 0 Å². The van der Waals surface area contributed by atoms with Crippen molar-refractivity contribution < 1.29 is 0 Å². The number of aromatic amines is 1. The molecule has 2 heteroatoms. The van der Waals surface area contributed by atoms with Gasteiger partial charge in [0.2, 0.25) is 0 Å². The fourth-order valence-electron chi connectivity index (χ4n) is 2.49. The molecule has 0 aliphatic heterocycles. The van der Waals surface area contributed by atoms with Gasteiger partial charge in [-0.3, -0.25) is 0 Å². The summed E-state index contributed by atoms with van der Waals surface area (Å²) in [4.78, 5) is 3.48. The van der Waals surface area contributed by atoms with E-state index >= 15 is 0 Å². The summed E-state index contributed by atoms with van der Waals surface area (Å²) in [6.45, 7) is 0. The first-order chi connectivity index (χ1) is 9.40. The minimum Gasteiger partial charge on any atom is -0.354 e. The van der Waals surface area contributed by atoms with Crippen molar-refractivity contribution in [1.29, 1.82) is 5.26 Å². The molecule has 0 bridgehead atoms. The molecule has 0 amide bonds. The van der Waals surface area contributed by atoms with E-state index in [1.54, 1.807) is 0 Å². The predicted octanol–water partition coefficient (Wildman–Crippen LogP) is 4.29. The first-order valence-electron chi connectivity index (χ1n) is 6.42. The Morgan fingerprint density at radius 3 is 2.47 bits per heavy atom. The largest absolute Gasteiger partial charge is 0.354 e. The summed E-state index contributed by atoms with van der Waals surface area (Å²) in [6, 6.07) is 20.8. The van der Waals surface area contributed by atoms with Crippen LogP contribution in [0.25, 0.3) is 22.2 Å². The van der Waals surface area contributed by atoms with E-state index in [-0.39, 0.29) is 0 Å². The maximum Gasteiger partial charge on any atom is 0.0625 e. The molecule has 2 aromatic carbocycles. The highest BCUT2D eigenvalue weighted by Gasteiger charge is 2.11. The molecule has 0 fully saturated rings. The van der Waals surface area contributed by atoms with E-state index in [0.717, 1.165) is 17.6 Å². The molecule has 3 rings (SSSR count). The van der Waals surface area contributed by atoms with E-state index in [4.69, 9.17) is 5.26 Å². The van der Waals surface area contributed by atoms with Crippen molar-refractivity contribution >= 4 is 10.9 Å². The highest BCUT2D eigenvalue weighted by atomic mass is 14.7. The average molecular weight is 246 g/mol. The second-order valence-electron chi connectivity index (χ2n) is 4.55. The molecular weight excluding hydrogens is 232 g/mol. The Kier molecular flexibility index (Phi) is 3.04. The third-order valence-electron chi connectivity index (χ3n) is 3.36. The van der Waals surface area contributed by atoms with Gasteiger partial charge in [0.25, 0.3) is 0 Å². The smallest absolute Gasteiger partial charge is 0.0625 e. The Balaban J connectivity index is 2.20. The molecular formula is C17H14N2. The fourth-order valence-corrected chi connectivity index (χ4v) is 2.49. The predicted molar refractivity (Wildman–Crippen MR) is 77.7 cm³/mol. The third-order valence-corrected chi connectivity index (χ3v) is 3.36. The number of aromatic nitrogens is 1. The van der Waals surface area contributed by atoms with Crippen LogP contribution in [0.1, 0.15) is 12.0 Å². The van der Waals surface area contributed by atoms with Gasteiger partial charge in [0.05, 0.1) is 6.07 Å². The minimum absolute atomic E-state index is 0.543. The number of fused-ring (bicyclic) bond motifs is 1. The lowest BCUT2D eigenvalue weighted by molar-refractivity contribution is 1.02. The molecule has 0 saturated carbocycles. The van der Waals surface area contributed by atoms with E-state index in [1.165, 1.54) is 16.5 Å². The second-order valence-corrected chi connectivity index (χ2v) is 4.55. The number of nitrogens with zero attached hydrogens (tertiary/aromatic N) is 1. The Hall–Kier alpha value is -2.53. The molecule has 1 heterocycles. The zero-order valence-corrected chi connectivity index (χ0v) is 10.6. The van der Waals surface area contributed by atoms with Gasteiger partial charge >= 0.3 is 0 Å². The van der Waals surface area contributed by atoms with Gasteiger partial charge in [0, 0.05) is 23.0 Å². The van der Waals surface area contributed by atoms with Gasteiger partial charge in [-0.15, -0.1) is 0 Å². The van der Waals surface area contributed by atoms with Crippen LogP contribution >= 0.6 is 0 Å². The van der Waals surface area contributed by atoms with Crippen LogP contribution in [0.2, 0.25) is 0 Å². The van der Waals surface area contributed by atoms with Crippen molar-refractivity contribution in [1.82, 2.24) is 4.98 Å². The van der Waals surface area contributed by atoms with E-state index < -0.39 is 0 Å². The van der Waals surface area contributed by atoms with Gasteiger partial charge < -0.3 is 4.98 Å². The Bertz CT molecular complexity index is 733. The van der Waals surface area contributed by atoms with Crippen LogP contribution in [0.3, 0.4) is 0 Å². The zero-order valence-electron chi connectivity index (χ0n) is 10.6. The van der Waals surface area contributed by atoms with Gasteiger partial charge in [-0.05, 0) is 23.6 Å². The summed E-state index contributed by atoms with van der Waals surface area (Å²) < 4.78 is 0. The van der Waals surface area contributed by atoms with Crippen molar-refractivity contribution in [3.63, 3.8) is 0 Å². The minimum atomic E-state index is 0.543. The van der Waals surface area contributed by atoms with Crippen LogP contribution < -0.4 is 0 Å². The number of hydrogen-bond donors (Lipinski definition) is 1. The van der Waals surface area contributed by atoms with Crippen molar-refractivity contribution in [3.05, 3.63) is 60.2 Å². The third kappa shape index (κ3) is 2.11. The quantitative estimate of drug-likeness (QED) is 0.735. The molecule has 1 aromatic heterocycles.